The van der Waals surface area contributed by atoms with Crippen molar-refractivity contribution in [1.29, 1.82) is 0 Å². The normalized spacial score (nSPS) is 19.2. The molecular weight excluding hydrogens is 433 g/mol. The highest BCUT2D eigenvalue weighted by Gasteiger charge is 2.33. The fourth-order valence-corrected chi connectivity index (χ4v) is 4.88. The van der Waals surface area contributed by atoms with Crippen LogP contribution in [0.3, 0.4) is 0 Å². The average Bonchev–Trinajstić information content (AvgIpc) is 3.29. The molecule has 1 aromatic heterocycles. The fraction of sp³-hybridized carbons (Fsp3) is 0.545. The molecule has 0 bridgehead atoms. The van der Waals surface area contributed by atoms with Crippen molar-refractivity contribution in [2.45, 2.75) is 26.2 Å². The van der Waals surface area contributed by atoms with Gasteiger partial charge in [-0.2, -0.15) is 4.37 Å². The molecule has 2 aromatic rings. The maximum absolute atomic E-state index is 13.1. The lowest BCUT2D eigenvalue weighted by Gasteiger charge is -2.38. The van der Waals surface area contributed by atoms with Crippen molar-refractivity contribution >= 4 is 28.7 Å². The van der Waals surface area contributed by atoms with Crippen molar-refractivity contribution in [2.75, 3.05) is 50.8 Å². The van der Waals surface area contributed by atoms with E-state index < -0.39 is 0 Å². The second-order valence-corrected chi connectivity index (χ2v) is 8.82. The predicted molar refractivity (Wildman–Crippen MR) is 119 cm³/mol. The lowest BCUT2D eigenvalue weighted by molar-refractivity contribution is -0.137. The molecule has 0 N–H and O–H groups in total. The predicted octanol–water partition coefficient (Wildman–Crippen LogP) is 2.79. The minimum Gasteiger partial charge on any atom is -0.450 e. The van der Waals surface area contributed by atoms with Gasteiger partial charge < -0.3 is 19.4 Å². The third-order valence-electron chi connectivity index (χ3n) is 5.89. The van der Waals surface area contributed by atoms with Crippen LogP contribution in [0.1, 0.15) is 31.2 Å². The van der Waals surface area contributed by atoms with E-state index in [0.29, 0.717) is 51.6 Å². The molecule has 0 saturated carbocycles. The summed E-state index contributed by atoms with van der Waals surface area (Å²) in [5.41, 5.74) is 0.962. The first kappa shape index (κ1) is 22.4. The van der Waals surface area contributed by atoms with Crippen molar-refractivity contribution in [3.05, 3.63) is 41.5 Å². The van der Waals surface area contributed by atoms with E-state index in [1.807, 2.05) is 4.90 Å². The molecule has 4 rings (SSSR count). The van der Waals surface area contributed by atoms with Gasteiger partial charge in [0.05, 0.1) is 12.5 Å². The number of ether oxygens (including phenoxy) is 1. The van der Waals surface area contributed by atoms with E-state index in [4.69, 9.17) is 4.74 Å². The number of amides is 2. The molecule has 172 valence electrons. The number of halogens is 1. The quantitative estimate of drug-likeness (QED) is 0.681. The molecule has 1 unspecified atom stereocenters. The SMILES string of the molecule is CCOC(=O)N1CCN(C(=O)C2CCCN(c3nc(Cc4ccc(F)cc4)ns3)C2)CC1. The highest BCUT2D eigenvalue weighted by molar-refractivity contribution is 7.09. The first-order valence-corrected chi connectivity index (χ1v) is 11.8. The fourth-order valence-electron chi connectivity index (χ4n) is 4.16. The van der Waals surface area contributed by atoms with Gasteiger partial charge >= 0.3 is 6.09 Å². The van der Waals surface area contributed by atoms with Crippen LogP contribution in [0.2, 0.25) is 0 Å². The molecule has 2 aliphatic rings. The summed E-state index contributed by atoms with van der Waals surface area (Å²) in [5, 5.41) is 0.826. The largest absolute Gasteiger partial charge is 0.450 e. The molecule has 10 heteroatoms. The molecular formula is C22H28FN5O3S. The lowest BCUT2D eigenvalue weighted by Crippen LogP contribution is -2.53. The molecule has 0 aliphatic carbocycles. The number of nitrogens with zero attached hydrogens (tertiary/aromatic N) is 5. The Morgan fingerprint density at radius 1 is 1.12 bits per heavy atom. The number of rotatable bonds is 5. The molecule has 0 spiro atoms. The van der Waals surface area contributed by atoms with Crippen LogP contribution in [0, 0.1) is 11.7 Å². The number of anilines is 1. The van der Waals surface area contributed by atoms with Crippen LogP contribution in [-0.2, 0) is 16.0 Å². The summed E-state index contributed by atoms with van der Waals surface area (Å²) in [6, 6.07) is 6.37. The van der Waals surface area contributed by atoms with E-state index in [1.54, 1.807) is 24.0 Å². The van der Waals surface area contributed by atoms with Crippen molar-refractivity contribution in [3.8, 4) is 0 Å². The summed E-state index contributed by atoms with van der Waals surface area (Å²) in [7, 11) is 0. The summed E-state index contributed by atoms with van der Waals surface area (Å²) in [4.78, 5) is 35.3. The van der Waals surface area contributed by atoms with Gasteiger partial charge in [0.25, 0.3) is 0 Å². The number of piperazine rings is 1. The van der Waals surface area contributed by atoms with Crippen molar-refractivity contribution in [1.82, 2.24) is 19.2 Å². The minimum absolute atomic E-state index is 0.0812. The van der Waals surface area contributed by atoms with Crippen LogP contribution in [0.15, 0.2) is 24.3 Å². The Bertz CT molecular complexity index is 930. The highest BCUT2D eigenvalue weighted by atomic mass is 32.1. The summed E-state index contributed by atoms with van der Waals surface area (Å²) in [6.07, 6.45) is 2.02. The third kappa shape index (κ3) is 5.35. The van der Waals surface area contributed by atoms with Crippen molar-refractivity contribution < 1.29 is 18.7 Å². The minimum atomic E-state index is -0.309. The standard InChI is InChI=1S/C22H28FN5O3S/c1-2-31-22(30)27-12-10-26(11-13-27)20(29)17-4-3-9-28(15-17)21-24-19(25-32-21)14-16-5-7-18(23)8-6-16/h5-8,17H,2-4,9-15H2,1H3. The van der Waals surface area contributed by atoms with Crippen molar-refractivity contribution in [3.63, 3.8) is 0 Å². The summed E-state index contributed by atoms with van der Waals surface area (Å²) < 4.78 is 22.6. The number of hydrogen-bond donors (Lipinski definition) is 0. The van der Waals surface area contributed by atoms with Gasteiger partial charge in [0, 0.05) is 57.2 Å². The number of carbonyl (C=O) groups excluding carboxylic acids is 2. The Balaban J connectivity index is 1.32. The van der Waals surface area contributed by atoms with E-state index >= 15 is 0 Å². The Morgan fingerprint density at radius 3 is 2.56 bits per heavy atom. The summed E-state index contributed by atoms with van der Waals surface area (Å²) in [5.74, 6) is 0.517. The highest BCUT2D eigenvalue weighted by Crippen LogP contribution is 2.27. The van der Waals surface area contributed by atoms with Crippen LogP contribution in [0.4, 0.5) is 14.3 Å². The van der Waals surface area contributed by atoms with Crippen LogP contribution in [0.5, 0.6) is 0 Å². The van der Waals surface area contributed by atoms with E-state index in [2.05, 4.69) is 14.3 Å². The number of piperidine rings is 1. The molecule has 2 saturated heterocycles. The number of carbonyl (C=O) groups is 2. The molecule has 2 amide bonds. The first-order chi connectivity index (χ1) is 15.5. The van der Waals surface area contributed by atoms with E-state index in [-0.39, 0.29) is 23.7 Å². The maximum Gasteiger partial charge on any atom is 0.409 e. The Kier molecular flexibility index (Phi) is 7.19. The van der Waals surface area contributed by atoms with Gasteiger partial charge in [0.15, 0.2) is 0 Å². The van der Waals surface area contributed by atoms with Crippen LogP contribution in [0.25, 0.3) is 0 Å². The molecule has 2 fully saturated rings. The van der Waals surface area contributed by atoms with Gasteiger partial charge in [-0.1, -0.05) is 12.1 Å². The zero-order valence-corrected chi connectivity index (χ0v) is 19.0. The van der Waals surface area contributed by atoms with E-state index in [1.165, 1.54) is 23.7 Å². The molecule has 0 radical (unpaired) electrons. The van der Waals surface area contributed by atoms with E-state index in [0.717, 1.165) is 30.1 Å². The smallest absolute Gasteiger partial charge is 0.409 e. The molecule has 1 aromatic carbocycles. The van der Waals surface area contributed by atoms with Crippen LogP contribution < -0.4 is 4.90 Å². The van der Waals surface area contributed by atoms with Crippen LogP contribution in [-0.4, -0.2) is 77.0 Å². The number of aromatic nitrogens is 2. The summed E-state index contributed by atoms with van der Waals surface area (Å²) in [6.45, 7) is 5.70. The second-order valence-electron chi connectivity index (χ2n) is 8.09. The number of benzene rings is 1. The Morgan fingerprint density at radius 2 is 1.84 bits per heavy atom. The maximum atomic E-state index is 13.1. The zero-order valence-electron chi connectivity index (χ0n) is 18.2. The third-order valence-corrected chi connectivity index (χ3v) is 6.71. The zero-order chi connectivity index (χ0) is 22.5. The monoisotopic (exact) mass is 461 g/mol. The Hall–Kier alpha value is -2.75. The topological polar surface area (TPSA) is 78.9 Å². The van der Waals surface area contributed by atoms with Crippen molar-refractivity contribution in [2.24, 2.45) is 5.92 Å². The van der Waals surface area contributed by atoms with Gasteiger partial charge in [-0.15, -0.1) is 0 Å². The lowest BCUT2D eigenvalue weighted by atomic mass is 9.96. The molecule has 2 aliphatic heterocycles. The molecule has 8 nitrogen and oxygen atoms in total. The van der Waals surface area contributed by atoms with Gasteiger partial charge in [-0.25, -0.2) is 14.2 Å². The average molecular weight is 462 g/mol. The van der Waals surface area contributed by atoms with Gasteiger partial charge in [-0.05, 0) is 37.5 Å². The second kappa shape index (κ2) is 10.2. The molecule has 3 heterocycles. The van der Waals surface area contributed by atoms with Crippen LogP contribution >= 0.6 is 11.5 Å². The van der Waals surface area contributed by atoms with Gasteiger partial charge in [0.1, 0.15) is 11.6 Å². The summed E-state index contributed by atoms with van der Waals surface area (Å²) >= 11 is 1.34. The van der Waals surface area contributed by atoms with E-state index in [9.17, 15) is 14.0 Å². The number of hydrogen-bond acceptors (Lipinski definition) is 7. The first-order valence-electron chi connectivity index (χ1n) is 11.1. The Labute approximate surface area is 191 Å². The molecule has 1 atom stereocenters. The van der Waals surface area contributed by atoms with Gasteiger partial charge in [0.2, 0.25) is 11.0 Å². The van der Waals surface area contributed by atoms with Gasteiger partial charge in [-0.3, -0.25) is 4.79 Å². The molecule has 32 heavy (non-hydrogen) atoms.